The van der Waals surface area contributed by atoms with Crippen molar-refractivity contribution in [3.8, 4) is 0 Å². The molecule has 2 heterocycles. The lowest BCUT2D eigenvalue weighted by molar-refractivity contribution is 0.437. The number of nitrogens with zero attached hydrogens (tertiary/aromatic N) is 3. The van der Waals surface area contributed by atoms with Crippen LogP contribution in [0.3, 0.4) is 0 Å². The van der Waals surface area contributed by atoms with E-state index in [-0.39, 0.29) is 0 Å². The maximum absolute atomic E-state index is 4.57. The van der Waals surface area contributed by atoms with Gasteiger partial charge in [-0.15, -0.1) is 0 Å². The third-order valence-electron chi connectivity index (χ3n) is 2.70. The van der Waals surface area contributed by atoms with Crippen molar-refractivity contribution in [1.29, 1.82) is 0 Å². The van der Waals surface area contributed by atoms with Gasteiger partial charge in [-0.2, -0.15) is 5.10 Å². The summed E-state index contributed by atoms with van der Waals surface area (Å²) in [6, 6.07) is 0. The standard InChI is InChI=1S/C12H20N4S/c1-12(2)8-14-11(17-9-12)13-5-4-10-6-15-16(3)7-10/h6-7H,4-5,8-9H2,1-3H3,(H,13,14). The van der Waals surface area contributed by atoms with E-state index >= 15 is 0 Å². The van der Waals surface area contributed by atoms with Crippen LogP contribution in [0.15, 0.2) is 17.4 Å². The SMILES string of the molecule is Cn1cc(CCNC2=NCC(C)(C)CS2)cn1. The van der Waals surface area contributed by atoms with Gasteiger partial charge in [0.05, 0.1) is 6.20 Å². The zero-order chi connectivity index (χ0) is 12.3. The fourth-order valence-electron chi connectivity index (χ4n) is 1.66. The number of aliphatic imine (C=N–C) groups is 1. The molecule has 0 amide bonds. The van der Waals surface area contributed by atoms with Crippen molar-refractivity contribution >= 4 is 16.9 Å². The molecule has 0 unspecified atom stereocenters. The molecule has 0 atom stereocenters. The highest BCUT2D eigenvalue weighted by Gasteiger charge is 2.22. The van der Waals surface area contributed by atoms with Gasteiger partial charge in [-0.1, -0.05) is 25.6 Å². The van der Waals surface area contributed by atoms with Crippen molar-refractivity contribution in [1.82, 2.24) is 15.1 Å². The first-order valence-electron chi connectivity index (χ1n) is 5.94. The summed E-state index contributed by atoms with van der Waals surface area (Å²) in [6.07, 6.45) is 4.97. The van der Waals surface area contributed by atoms with E-state index in [0.29, 0.717) is 5.41 Å². The second-order valence-electron chi connectivity index (χ2n) is 5.27. The second-order valence-corrected chi connectivity index (χ2v) is 6.24. The summed E-state index contributed by atoms with van der Waals surface area (Å²) >= 11 is 1.83. The molecule has 94 valence electrons. The van der Waals surface area contributed by atoms with E-state index in [1.54, 1.807) is 0 Å². The summed E-state index contributed by atoms with van der Waals surface area (Å²) in [7, 11) is 1.94. The zero-order valence-corrected chi connectivity index (χ0v) is 11.5. The first-order chi connectivity index (χ1) is 8.05. The first kappa shape index (κ1) is 12.5. The Kier molecular flexibility index (Phi) is 3.76. The summed E-state index contributed by atoms with van der Waals surface area (Å²) in [6.45, 7) is 6.37. The summed E-state index contributed by atoms with van der Waals surface area (Å²) in [4.78, 5) is 4.57. The molecule has 0 bridgehead atoms. The van der Waals surface area contributed by atoms with E-state index in [1.807, 2.05) is 29.7 Å². The quantitative estimate of drug-likeness (QED) is 0.890. The van der Waals surface area contributed by atoms with Crippen LogP contribution in [0.25, 0.3) is 0 Å². The molecule has 5 heteroatoms. The second kappa shape index (κ2) is 5.12. The van der Waals surface area contributed by atoms with Gasteiger partial charge in [0.1, 0.15) is 0 Å². The number of aryl methyl sites for hydroxylation is 1. The smallest absolute Gasteiger partial charge is 0.156 e. The van der Waals surface area contributed by atoms with Crippen LogP contribution in [-0.2, 0) is 13.5 Å². The molecule has 4 nitrogen and oxygen atoms in total. The van der Waals surface area contributed by atoms with Gasteiger partial charge in [-0.3, -0.25) is 9.67 Å². The highest BCUT2D eigenvalue weighted by molar-refractivity contribution is 8.13. The number of hydrogen-bond donors (Lipinski definition) is 1. The number of nitrogens with one attached hydrogen (secondary N) is 1. The fraction of sp³-hybridized carbons (Fsp3) is 0.667. The number of thioether (sulfide) groups is 1. The number of hydrogen-bond acceptors (Lipinski definition) is 4. The zero-order valence-electron chi connectivity index (χ0n) is 10.7. The molecule has 17 heavy (non-hydrogen) atoms. The molecule has 0 aliphatic carbocycles. The van der Waals surface area contributed by atoms with Gasteiger partial charge in [-0.05, 0) is 17.4 Å². The molecule has 1 N–H and O–H groups in total. The Morgan fingerprint density at radius 3 is 2.94 bits per heavy atom. The molecule has 0 fully saturated rings. The predicted octanol–water partition coefficient (Wildman–Crippen LogP) is 1.68. The molecule has 2 rings (SSSR count). The van der Waals surface area contributed by atoms with Gasteiger partial charge >= 0.3 is 0 Å². The van der Waals surface area contributed by atoms with Gasteiger partial charge in [0, 0.05) is 32.1 Å². The maximum atomic E-state index is 4.57. The Morgan fingerprint density at radius 1 is 1.53 bits per heavy atom. The van der Waals surface area contributed by atoms with Crippen molar-refractivity contribution in [3.05, 3.63) is 18.0 Å². The maximum Gasteiger partial charge on any atom is 0.156 e. The Morgan fingerprint density at radius 2 is 2.35 bits per heavy atom. The molecular formula is C12H20N4S. The fourth-order valence-corrected chi connectivity index (χ4v) is 2.64. The highest BCUT2D eigenvalue weighted by atomic mass is 32.2. The molecule has 1 aliphatic heterocycles. The van der Waals surface area contributed by atoms with Crippen molar-refractivity contribution < 1.29 is 0 Å². The van der Waals surface area contributed by atoms with Gasteiger partial charge in [0.25, 0.3) is 0 Å². The van der Waals surface area contributed by atoms with Crippen LogP contribution >= 0.6 is 11.8 Å². The van der Waals surface area contributed by atoms with Crippen molar-refractivity contribution in [3.63, 3.8) is 0 Å². The minimum absolute atomic E-state index is 0.346. The molecule has 1 aromatic heterocycles. The van der Waals surface area contributed by atoms with E-state index in [2.05, 4.69) is 35.5 Å². The van der Waals surface area contributed by atoms with Crippen LogP contribution in [0.4, 0.5) is 0 Å². The monoisotopic (exact) mass is 252 g/mol. The van der Waals surface area contributed by atoms with Crippen LogP contribution < -0.4 is 5.32 Å². The van der Waals surface area contributed by atoms with Gasteiger partial charge in [-0.25, -0.2) is 0 Å². The largest absolute Gasteiger partial charge is 0.365 e. The van der Waals surface area contributed by atoms with E-state index in [1.165, 1.54) is 5.56 Å². The Balaban J connectivity index is 1.74. The van der Waals surface area contributed by atoms with Crippen LogP contribution in [-0.4, -0.2) is 33.8 Å². The lowest BCUT2D eigenvalue weighted by atomic mass is 9.97. The summed E-state index contributed by atoms with van der Waals surface area (Å²) in [5.41, 5.74) is 1.61. The predicted molar refractivity (Wildman–Crippen MR) is 73.5 cm³/mol. The van der Waals surface area contributed by atoms with Crippen molar-refractivity contribution in [2.75, 3.05) is 18.8 Å². The number of rotatable bonds is 3. The average Bonchev–Trinajstić information content (AvgIpc) is 2.67. The minimum Gasteiger partial charge on any atom is -0.365 e. The molecule has 1 aromatic rings. The molecule has 0 radical (unpaired) electrons. The molecule has 1 aliphatic rings. The summed E-state index contributed by atoms with van der Waals surface area (Å²) in [5.74, 6) is 1.14. The Hall–Kier alpha value is -0.970. The minimum atomic E-state index is 0.346. The Labute approximate surface area is 107 Å². The summed E-state index contributed by atoms with van der Waals surface area (Å²) < 4.78 is 1.84. The van der Waals surface area contributed by atoms with E-state index in [9.17, 15) is 0 Å². The van der Waals surface area contributed by atoms with E-state index in [4.69, 9.17) is 0 Å². The van der Waals surface area contributed by atoms with Crippen LogP contribution in [0.2, 0.25) is 0 Å². The van der Waals surface area contributed by atoms with Gasteiger partial charge < -0.3 is 5.32 Å². The van der Waals surface area contributed by atoms with Gasteiger partial charge in [0.15, 0.2) is 5.17 Å². The van der Waals surface area contributed by atoms with E-state index < -0.39 is 0 Å². The topological polar surface area (TPSA) is 42.2 Å². The molecular weight excluding hydrogens is 232 g/mol. The first-order valence-corrected chi connectivity index (χ1v) is 6.92. The van der Waals surface area contributed by atoms with Crippen LogP contribution in [0.1, 0.15) is 19.4 Å². The molecule has 0 saturated carbocycles. The van der Waals surface area contributed by atoms with Gasteiger partial charge in [0.2, 0.25) is 0 Å². The van der Waals surface area contributed by atoms with Crippen molar-refractivity contribution in [2.45, 2.75) is 20.3 Å². The molecule has 0 spiro atoms. The Bertz CT molecular complexity index is 408. The summed E-state index contributed by atoms with van der Waals surface area (Å²) in [5, 5.41) is 8.64. The van der Waals surface area contributed by atoms with E-state index in [0.717, 1.165) is 30.4 Å². The number of aromatic nitrogens is 2. The molecule has 0 aromatic carbocycles. The third-order valence-corrected chi connectivity index (χ3v) is 4.17. The normalized spacial score (nSPS) is 18.9. The molecule has 0 saturated heterocycles. The van der Waals surface area contributed by atoms with Crippen LogP contribution in [0, 0.1) is 5.41 Å². The highest BCUT2D eigenvalue weighted by Crippen LogP contribution is 2.26. The lowest BCUT2D eigenvalue weighted by Gasteiger charge is -2.27. The average molecular weight is 252 g/mol. The number of amidine groups is 1. The van der Waals surface area contributed by atoms with Crippen molar-refractivity contribution in [2.24, 2.45) is 17.5 Å². The van der Waals surface area contributed by atoms with Crippen LogP contribution in [0.5, 0.6) is 0 Å². The lowest BCUT2D eigenvalue weighted by Crippen LogP contribution is -2.32. The third kappa shape index (κ3) is 3.77.